The fourth-order valence-corrected chi connectivity index (χ4v) is 2.67. The summed E-state index contributed by atoms with van der Waals surface area (Å²) in [4.78, 5) is 29.2. The third-order valence-electron chi connectivity index (χ3n) is 2.58. The lowest BCUT2D eigenvalue weighted by atomic mass is 10.2. The summed E-state index contributed by atoms with van der Waals surface area (Å²) < 4.78 is 5.38. The van der Waals surface area contributed by atoms with E-state index in [1.165, 1.54) is 13.3 Å². The monoisotopic (exact) mass is 376 g/mol. The van der Waals surface area contributed by atoms with Crippen molar-refractivity contribution in [2.45, 2.75) is 11.2 Å². The number of esters is 1. The number of hydrogen-bond acceptors (Lipinski definition) is 4. The van der Waals surface area contributed by atoms with E-state index in [1.54, 1.807) is 11.0 Å². The highest BCUT2D eigenvalue weighted by molar-refractivity contribution is 9.10. The molecule has 0 aliphatic carbocycles. The molecule has 18 heavy (non-hydrogen) atoms. The zero-order valence-corrected chi connectivity index (χ0v) is 12.7. The average Bonchev–Trinajstić information content (AvgIpc) is 2.67. The lowest BCUT2D eigenvalue weighted by Crippen LogP contribution is -2.27. The van der Waals surface area contributed by atoms with Crippen LogP contribution in [0.5, 0.6) is 0 Å². The lowest BCUT2D eigenvalue weighted by Gasteiger charge is -2.18. The fraction of sp³-hybridized carbons (Fsp3) is 0.364. The minimum Gasteiger partial charge on any atom is -0.464 e. The minimum absolute atomic E-state index is 0.0399. The van der Waals surface area contributed by atoms with Crippen LogP contribution in [0.2, 0.25) is 0 Å². The fourth-order valence-electron chi connectivity index (χ4n) is 1.79. The van der Waals surface area contributed by atoms with Gasteiger partial charge < -0.3 is 9.64 Å². The van der Waals surface area contributed by atoms with Crippen LogP contribution in [0.15, 0.2) is 16.7 Å². The number of rotatable bonds is 2. The molecule has 96 valence electrons. The number of nitrogens with zero attached hydrogens (tertiary/aromatic N) is 2. The van der Waals surface area contributed by atoms with Crippen LogP contribution in [-0.2, 0) is 9.53 Å². The molecule has 0 N–H and O–H groups in total. The first-order chi connectivity index (χ1) is 8.52. The van der Waals surface area contributed by atoms with E-state index in [0.717, 1.165) is 0 Å². The summed E-state index contributed by atoms with van der Waals surface area (Å²) in [5.41, 5.74) is 0.624. The molecular weight excluding hydrogens is 368 g/mol. The van der Waals surface area contributed by atoms with E-state index in [9.17, 15) is 9.59 Å². The van der Waals surface area contributed by atoms with Crippen LogP contribution in [-0.4, -0.2) is 35.3 Å². The van der Waals surface area contributed by atoms with Crippen LogP contribution in [0.3, 0.4) is 0 Å². The van der Waals surface area contributed by atoms with Crippen LogP contribution >= 0.6 is 31.9 Å². The van der Waals surface area contributed by atoms with Crippen LogP contribution in [0.1, 0.15) is 16.9 Å². The molecule has 0 bridgehead atoms. The van der Waals surface area contributed by atoms with Gasteiger partial charge in [-0.1, -0.05) is 15.9 Å². The Morgan fingerprint density at radius 3 is 2.89 bits per heavy atom. The normalized spacial score (nSPS) is 19.2. The maximum atomic E-state index is 11.9. The Balaban J connectivity index is 2.45. The SMILES string of the molecule is COC(=O)c1ncc(Br)cc1N1CC(Br)CC1=O. The largest absolute Gasteiger partial charge is 0.464 e. The zero-order valence-electron chi connectivity index (χ0n) is 9.52. The van der Waals surface area contributed by atoms with E-state index in [1.807, 2.05) is 0 Å². The second-order valence-corrected chi connectivity index (χ2v) is 6.03. The maximum Gasteiger partial charge on any atom is 0.358 e. The number of methoxy groups -OCH3 is 1. The van der Waals surface area contributed by atoms with E-state index >= 15 is 0 Å². The minimum atomic E-state index is -0.552. The quantitative estimate of drug-likeness (QED) is 0.585. The molecule has 1 fully saturated rings. The Labute approximate surface area is 121 Å². The summed E-state index contributed by atoms with van der Waals surface area (Å²) in [6, 6.07) is 1.70. The number of ether oxygens (including phenoxy) is 1. The summed E-state index contributed by atoms with van der Waals surface area (Å²) in [6.07, 6.45) is 1.91. The van der Waals surface area contributed by atoms with Gasteiger partial charge in [-0.2, -0.15) is 0 Å². The van der Waals surface area contributed by atoms with Gasteiger partial charge in [0.2, 0.25) is 5.91 Å². The second-order valence-electron chi connectivity index (χ2n) is 3.82. The first-order valence-corrected chi connectivity index (χ1v) is 6.92. The Kier molecular flexibility index (Phi) is 4.01. The van der Waals surface area contributed by atoms with Gasteiger partial charge in [0.05, 0.1) is 12.8 Å². The number of halogens is 2. The Morgan fingerprint density at radius 2 is 2.33 bits per heavy atom. The standard InChI is InChI=1S/C11H10Br2N2O3/c1-18-11(17)10-8(2-6(12)4-14-10)15-5-7(13)3-9(15)16/h2,4,7H,3,5H2,1H3. The van der Waals surface area contributed by atoms with Gasteiger partial charge in [0.1, 0.15) is 0 Å². The first kappa shape index (κ1) is 13.5. The average molecular weight is 378 g/mol. The maximum absolute atomic E-state index is 11.9. The Hall–Kier alpha value is -0.950. The highest BCUT2D eigenvalue weighted by Crippen LogP contribution is 2.29. The van der Waals surface area contributed by atoms with Crippen molar-refractivity contribution in [2.24, 2.45) is 0 Å². The van der Waals surface area contributed by atoms with Crippen molar-refractivity contribution in [3.05, 3.63) is 22.4 Å². The third-order valence-corrected chi connectivity index (χ3v) is 3.63. The van der Waals surface area contributed by atoms with Crippen LogP contribution < -0.4 is 4.90 Å². The summed E-state index contributed by atoms with van der Waals surface area (Å²) >= 11 is 6.69. The molecule has 5 nitrogen and oxygen atoms in total. The molecule has 0 aromatic carbocycles. The number of aromatic nitrogens is 1. The third kappa shape index (κ3) is 2.56. The van der Waals surface area contributed by atoms with E-state index in [2.05, 4.69) is 41.6 Å². The number of amides is 1. The van der Waals surface area contributed by atoms with Crippen molar-refractivity contribution >= 4 is 49.4 Å². The molecular formula is C11H10Br2N2O3. The number of anilines is 1. The van der Waals surface area contributed by atoms with Crippen molar-refractivity contribution in [1.82, 2.24) is 4.98 Å². The molecule has 1 saturated heterocycles. The zero-order chi connectivity index (χ0) is 13.3. The molecule has 1 atom stereocenters. The topological polar surface area (TPSA) is 59.5 Å². The predicted octanol–water partition coefficient (Wildman–Crippen LogP) is 2.13. The van der Waals surface area contributed by atoms with Crippen molar-refractivity contribution in [3.63, 3.8) is 0 Å². The highest BCUT2D eigenvalue weighted by Gasteiger charge is 2.32. The van der Waals surface area contributed by atoms with Gasteiger partial charge in [-0.15, -0.1) is 0 Å². The van der Waals surface area contributed by atoms with Crippen molar-refractivity contribution in [2.75, 3.05) is 18.6 Å². The Morgan fingerprint density at radius 1 is 1.61 bits per heavy atom. The van der Waals surface area contributed by atoms with Gasteiger partial charge in [0.15, 0.2) is 5.69 Å². The van der Waals surface area contributed by atoms with Gasteiger partial charge in [-0.25, -0.2) is 9.78 Å². The predicted molar refractivity (Wildman–Crippen MR) is 73.0 cm³/mol. The van der Waals surface area contributed by atoms with Gasteiger partial charge in [-0.05, 0) is 22.0 Å². The van der Waals surface area contributed by atoms with Crippen LogP contribution in [0, 0.1) is 0 Å². The van der Waals surface area contributed by atoms with Gasteiger partial charge in [0.25, 0.3) is 0 Å². The smallest absolute Gasteiger partial charge is 0.358 e. The number of alkyl halides is 1. The first-order valence-electron chi connectivity index (χ1n) is 5.21. The number of carbonyl (C=O) groups excluding carboxylic acids is 2. The van der Waals surface area contributed by atoms with Gasteiger partial charge in [-0.3, -0.25) is 4.79 Å². The molecule has 0 radical (unpaired) electrons. The van der Waals surface area contributed by atoms with E-state index in [0.29, 0.717) is 23.1 Å². The second kappa shape index (κ2) is 5.36. The molecule has 0 saturated carbocycles. The number of hydrogen-bond donors (Lipinski definition) is 0. The molecule has 1 aliphatic rings. The molecule has 2 heterocycles. The van der Waals surface area contributed by atoms with Gasteiger partial charge in [0, 0.05) is 28.5 Å². The van der Waals surface area contributed by atoms with E-state index in [-0.39, 0.29) is 16.4 Å². The van der Waals surface area contributed by atoms with Crippen molar-refractivity contribution < 1.29 is 14.3 Å². The van der Waals surface area contributed by atoms with Crippen molar-refractivity contribution in [3.8, 4) is 0 Å². The summed E-state index contributed by atoms with van der Waals surface area (Å²) in [5.74, 6) is -0.592. The molecule has 1 aromatic heterocycles. The molecule has 2 rings (SSSR count). The van der Waals surface area contributed by atoms with E-state index < -0.39 is 5.97 Å². The summed E-state index contributed by atoms with van der Waals surface area (Å²) in [5, 5.41) is 0. The molecule has 1 amide bonds. The number of pyridine rings is 1. The molecule has 1 unspecified atom stereocenters. The Bertz CT molecular complexity index is 507. The lowest BCUT2D eigenvalue weighted by molar-refractivity contribution is -0.117. The van der Waals surface area contributed by atoms with Crippen LogP contribution in [0.25, 0.3) is 0 Å². The molecule has 0 spiro atoms. The molecule has 1 aliphatic heterocycles. The number of carbonyl (C=O) groups is 2. The summed E-state index contributed by atoms with van der Waals surface area (Å²) in [6.45, 7) is 0.515. The van der Waals surface area contributed by atoms with E-state index in [4.69, 9.17) is 0 Å². The van der Waals surface area contributed by atoms with Crippen molar-refractivity contribution in [1.29, 1.82) is 0 Å². The highest BCUT2D eigenvalue weighted by atomic mass is 79.9. The molecule has 1 aromatic rings. The summed E-state index contributed by atoms with van der Waals surface area (Å²) in [7, 11) is 1.29. The molecule has 7 heteroatoms. The van der Waals surface area contributed by atoms with Gasteiger partial charge >= 0.3 is 5.97 Å². The van der Waals surface area contributed by atoms with Crippen LogP contribution in [0.4, 0.5) is 5.69 Å².